The molecule has 0 aliphatic rings. The Morgan fingerprint density at radius 2 is 1.94 bits per heavy atom. The van der Waals surface area contributed by atoms with Gasteiger partial charge in [-0.05, 0) is 71.5 Å². The van der Waals surface area contributed by atoms with Gasteiger partial charge >= 0.3 is 0 Å². The lowest BCUT2D eigenvalue weighted by Gasteiger charge is -2.15. The molecule has 34 heavy (non-hydrogen) atoms. The summed E-state index contributed by atoms with van der Waals surface area (Å²) in [4.78, 5) is 41.4. The molecular weight excluding hydrogens is 446 g/mol. The van der Waals surface area contributed by atoms with E-state index >= 15 is 0 Å². The van der Waals surface area contributed by atoms with Gasteiger partial charge < -0.3 is 5.32 Å². The highest BCUT2D eigenvalue weighted by atomic mass is 32.1. The Bertz CT molecular complexity index is 1680. The van der Waals surface area contributed by atoms with E-state index in [1.807, 2.05) is 48.7 Å². The van der Waals surface area contributed by atoms with Gasteiger partial charge in [0.1, 0.15) is 0 Å². The average Bonchev–Trinajstić information content (AvgIpc) is 3.34. The van der Waals surface area contributed by atoms with Crippen LogP contribution in [-0.2, 0) is 4.79 Å². The molecule has 5 aromatic rings. The van der Waals surface area contributed by atoms with Crippen LogP contribution in [0.2, 0.25) is 0 Å². The summed E-state index contributed by atoms with van der Waals surface area (Å²) in [5.74, 6) is -0.324. The fourth-order valence-corrected chi connectivity index (χ4v) is 4.70. The number of aryl methyl sites for hydroxylation is 1. The SMILES string of the molecule is C=CC(=O)Nc1cc(-n2c(=O)ccc3cnc4ccc(-c5csc(C=O)c5)cc4c32)ccc1C. The molecule has 1 N–H and O–H groups in total. The Kier molecular flexibility index (Phi) is 5.39. The number of amides is 1. The molecule has 0 bridgehead atoms. The van der Waals surface area contributed by atoms with E-state index < -0.39 is 0 Å². The number of carbonyl (C=O) groups is 2. The number of hydrogen-bond acceptors (Lipinski definition) is 5. The van der Waals surface area contributed by atoms with Crippen molar-refractivity contribution in [3.8, 4) is 16.8 Å². The standard InChI is InChI=1S/C27H19N3O3S/c1-3-25(32)29-24-12-20(7-4-16(24)2)30-26(33)9-6-18-13-28-23-8-5-17(11-22(23)27(18)30)19-10-21(14-31)34-15-19/h3-15H,1H2,2H3,(H,29,32). The van der Waals surface area contributed by atoms with Gasteiger partial charge in [0, 0.05) is 28.7 Å². The highest BCUT2D eigenvalue weighted by Gasteiger charge is 2.13. The van der Waals surface area contributed by atoms with Gasteiger partial charge in [0.25, 0.3) is 5.56 Å². The van der Waals surface area contributed by atoms with Gasteiger partial charge in [0.2, 0.25) is 5.91 Å². The molecule has 2 aromatic carbocycles. The van der Waals surface area contributed by atoms with Gasteiger partial charge in [0.05, 0.1) is 21.6 Å². The van der Waals surface area contributed by atoms with Crippen LogP contribution in [0.4, 0.5) is 5.69 Å². The number of nitrogens with one attached hydrogen (secondary N) is 1. The number of benzene rings is 2. The quantitative estimate of drug-likeness (QED) is 0.211. The van der Waals surface area contributed by atoms with E-state index in [4.69, 9.17) is 0 Å². The molecular formula is C27H19N3O3S. The summed E-state index contributed by atoms with van der Waals surface area (Å²) in [5, 5.41) is 6.35. The van der Waals surface area contributed by atoms with Gasteiger partial charge in [-0.3, -0.25) is 23.9 Å². The largest absolute Gasteiger partial charge is 0.322 e. The Hall–Kier alpha value is -4.36. The van der Waals surface area contributed by atoms with E-state index in [0.29, 0.717) is 16.3 Å². The maximum Gasteiger partial charge on any atom is 0.255 e. The second-order valence-electron chi connectivity index (χ2n) is 7.85. The van der Waals surface area contributed by atoms with Crippen LogP contribution in [-0.4, -0.2) is 21.7 Å². The van der Waals surface area contributed by atoms with E-state index in [9.17, 15) is 14.4 Å². The fraction of sp³-hybridized carbons (Fsp3) is 0.0370. The van der Waals surface area contributed by atoms with Crippen LogP contribution in [0.1, 0.15) is 15.2 Å². The summed E-state index contributed by atoms with van der Waals surface area (Å²) in [7, 11) is 0. The van der Waals surface area contributed by atoms with Gasteiger partial charge in [-0.15, -0.1) is 11.3 Å². The van der Waals surface area contributed by atoms with Crippen molar-refractivity contribution in [2.24, 2.45) is 0 Å². The van der Waals surface area contributed by atoms with Crippen molar-refractivity contribution in [1.29, 1.82) is 0 Å². The second-order valence-corrected chi connectivity index (χ2v) is 8.79. The first kappa shape index (κ1) is 21.5. The third-order valence-electron chi connectivity index (χ3n) is 5.71. The number of nitrogens with zero attached hydrogens (tertiary/aromatic N) is 2. The Morgan fingerprint density at radius 3 is 2.71 bits per heavy atom. The van der Waals surface area contributed by atoms with Crippen molar-refractivity contribution in [2.75, 3.05) is 5.32 Å². The number of anilines is 1. The normalized spacial score (nSPS) is 11.0. The van der Waals surface area contributed by atoms with Gasteiger partial charge in [-0.2, -0.15) is 0 Å². The summed E-state index contributed by atoms with van der Waals surface area (Å²) < 4.78 is 1.64. The van der Waals surface area contributed by atoms with E-state index in [1.165, 1.54) is 23.5 Å². The molecule has 0 unspecified atom stereocenters. The lowest BCUT2D eigenvalue weighted by Crippen LogP contribution is -2.18. The van der Waals surface area contributed by atoms with Crippen molar-refractivity contribution in [3.63, 3.8) is 0 Å². The van der Waals surface area contributed by atoms with Crippen LogP contribution in [0.25, 0.3) is 38.6 Å². The first-order valence-corrected chi connectivity index (χ1v) is 11.4. The third-order valence-corrected chi connectivity index (χ3v) is 6.57. The van der Waals surface area contributed by atoms with Crippen LogP contribution in [0.3, 0.4) is 0 Å². The molecule has 0 aliphatic heterocycles. The van der Waals surface area contributed by atoms with E-state index in [1.54, 1.807) is 22.9 Å². The number of carbonyl (C=O) groups excluding carboxylic acids is 2. The smallest absolute Gasteiger partial charge is 0.255 e. The maximum absolute atomic E-state index is 13.2. The van der Waals surface area contributed by atoms with Crippen molar-refractivity contribution in [1.82, 2.24) is 9.55 Å². The first-order valence-electron chi connectivity index (χ1n) is 10.5. The number of aldehydes is 1. The van der Waals surface area contributed by atoms with E-state index in [0.717, 1.165) is 44.8 Å². The minimum atomic E-state index is -0.324. The van der Waals surface area contributed by atoms with Crippen molar-refractivity contribution in [3.05, 3.63) is 99.6 Å². The highest BCUT2D eigenvalue weighted by Crippen LogP contribution is 2.32. The van der Waals surface area contributed by atoms with Crippen LogP contribution in [0, 0.1) is 6.92 Å². The summed E-state index contributed by atoms with van der Waals surface area (Å²) in [6.45, 7) is 5.39. The van der Waals surface area contributed by atoms with E-state index in [-0.39, 0.29) is 11.5 Å². The minimum Gasteiger partial charge on any atom is -0.322 e. The molecule has 3 heterocycles. The predicted octanol–water partition coefficient (Wildman–Crippen LogP) is 5.51. The zero-order valence-electron chi connectivity index (χ0n) is 18.2. The van der Waals surface area contributed by atoms with Crippen LogP contribution < -0.4 is 10.9 Å². The average molecular weight is 466 g/mol. The van der Waals surface area contributed by atoms with Crippen LogP contribution in [0.5, 0.6) is 0 Å². The number of aromatic nitrogens is 2. The Labute approximate surface area is 198 Å². The molecule has 7 heteroatoms. The van der Waals surface area contributed by atoms with Crippen molar-refractivity contribution >= 4 is 51.0 Å². The maximum atomic E-state index is 13.2. The molecule has 6 nitrogen and oxygen atoms in total. The molecule has 3 aromatic heterocycles. The van der Waals surface area contributed by atoms with Crippen molar-refractivity contribution < 1.29 is 9.59 Å². The summed E-state index contributed by atoms with van der Waals surface area (Å²) in [6.07, 6.45) is 3.79. The lowest BCUT2D eigenvalue weighted by molar-refractivity contribution is -0.111. The zero-order valence-corrected chi connectivity index (χ0v) is 19.1. The van der Waals surface area contributed by atoms with Gasteiger partial charge in [-0.1, -0.05) is 18.7 Å². The predicted molar refractivity (Wildman–Crippen MR) is 137 cm³/mol. The van der Waals surface area contributed by atoms with E-state index in [2.05, 4.69) is 16.9 Å². The van der Waals surface area contributed by atoms with Crippen molar-refractivity contribution in [2.45, 2.75) is 6.92 Å². The molecule has 0 spiro atoms. The summed E-state index contributed by atoms with van der Waals surface area (Å²) >= 11 is 1.39. The second kappa shape index (κ2) is 8.53. The zero-order chi connectivity index (χ0) is 23.8. The molecule has 0 aliphatic carbocycles. The molecule has 1 amide bonds. The Balaban J connectivity index is 1.79. The molecule has 0 fully saturated rings. The summed E-state index contributed by atoms with van der Waals surface area (Å²) in [5.41, 5.74) is 5.21. The van der Waals surface area contributed by atoms with Crippen LogP contribution in [0.15, 0.2) is 83.6 Å². The number of fused-ring (bicyclic) bond motifs is 3. The molecule has 166 valence electrons. The molecule has 0 atom stereocenters. The highest BCUT2D eigenvalue weighted by molar-refractivity contribution is 7.12. The number of rotatable bonds is 5. The molecule has 5 rings (SSSR count). The third kappa shape index (κ3) is 3.72. The minimum absolute atomic E-state index is 0.200. The monoisotopic (exact) mass is 465 g/mol. The Morgan fingerprint density at radius 1 is 1.09 bits per heavy atom. The topological polar surface area (TPSA) is 81.1 Å². The lowest BCUT2D eigenvalue weighted by atomic mass is 10.0. The first-order chi connectivity index (χ1) is 16.5. The summed E-state index contributed by atoms with van der Waals surface area (Å²) in [6, 6.07) is 16.5. The van der Waals surface area contributed by atoms with Crippen LogP contribution >= 0.6 is 11.3 Å². The number of thiophene rings is 1. The molecule has 0 saturated heterocycles. The molecule has 0 radical (unpaired) electrons. The number of hydrogen-bond donors (Lipinski definition) is 1. The fourth-order valence-electron chi connectivity index (χ4n) is 3.98. The van der Waals surface area contributed by atoms with Gasteiger partial charge in [0.15, 0.2) is 6.29 Å². The van der Waals surface area contributed by atoms with Gasteiger partial charge in [-0.25, -0.2) is 0 Å². The number of pyridine rings is 2. The molecule has 0 saturated carbocycles.